The lowest BCUT2D eigenvalue weighted by molar-refractivity contribution is -0.143. The van der Waals surface area contributed by atoms with Crippen molar-refractivity contribution < 1.29 is 42.4 Å². The summed E-state index contributed by atoms with van der Waals surface area (Å²) in [4.78, 5) is 44.5. The Hall–Kier alpha value is -4.70. The van der Waals surface area contributed by atoms with E-state index in [9.17, 15) is 18.8 Å². The molecule has 0 saturated heterocycles. The van der Waals surface area contributed by atoms with Crippen LogP contribution in [0, 0.1) is 9.39 Å². The zero-order valence-corrected chi connectivity index (χ0v) is 31.6. The van der Waals surface area contributed by atoms with E-state index in [0.717, 1.165) is 9.13 Å². The molecule has 4 aromatic rings. The Morgan fingerprint density at radius 3 is 2.35 bits per heavy atom. The van der Waals surface area contributed by atoms with Crippen molar-refractivity contribution in [3.05, 3.63) is 112 Å². The van der Waals surface area contributed by atoms with Gasteiger partial charge in [0.2, 0.25) is 0 Å². The number of hydrogen-bond acceptors (Lipinski definition) is 11. The number of aromatic nitrogens is 1. The first-order chi connectivity index (χ1) is 24.6. The van der Waals surface area contributed by atoms with E-state index in [4.69, 9.17) is 23.7 Å². The van der Waals surface area contributed by atoms with Crippen molar-refractivity contribution in [3.8, 4) is 23.0 Å². The number of thiazole rings is 1. The summed E-state index contributed by atoms with van der Waals surface area (Å²) in [5.74, 6) is 0.134. The molecule has 5 rings (SSSR count). The average molecular weight is 831 g/mol. The number of carbonyl (C=O) groups is 2. The summed E-state index contributed by atoms with van der Waals surface area (Å²) >= 11 is 3.34. The van der Waals surface area contributed by atoms with Gasteiger partial charge >= 0.3 is 11.9 Å². The molecule has 14 heteroatoms. The first-order valence-corrected chi connectivity index (χ1v) is 18.0. The van der Waals surface area contributed by atoms with Crippen molar-refractivity contribution in [1.82, 2.24) is 4.57 Å². The number of halogens is 2. The number of methoxy groups -OCH3 is 1. The van der Waals surface area contributed by atoms with E-state index in [-0.39, 0.29) is 36.8 Å². The number of rotatable bonds is 14. The fourth-order valence-electron chi connectivity index (χ4n) is 5.35. The van der Waals surface area contributed by atoms with Crippen LogP contribution in [0.4, 0.5) is 4.39 Å². The lowest BCUT2D eigenvalue weighted by Gasteiger charge is -2.25. The van der Waals surface area contributed by atoms with E-state index in [1.165, 1.54) is 35.1 Å². The maximum Gasteiger partial charge on any atom is 0.343 e. The molecular weight excluding hydrogens is 794 g/mol. The molecule has 1 aromatic heterocycles. The standard InChI is InChI=1S/C37H36FIN2O9S/c1-6-46-28-18-24(11-14-27(28)49-20-31(42)45-5)33-32(36(44)48-8-3)21(4)40-37-41(33)35(43)30(51-37)17-23-15-26(39)34(29(16-23)47-7-2)50-19-22-9-12-25(38)13-10-22/h9-18,33H,6-8,19-20H2,1-5H3/b30-17-/t33-/m0/s1. The molecule has 0 aliphatic carbocycles. The molecule has 11 nitrogen and oxygen atoms in total. The van der Waals surface area contributed by atoms with E-state index in [1.54, 1.807) is 63.2 Å². The largest absolute Gasteiger partial charge is 0.490 e. The summed E-state index contributed by atoms with van der Waals surface area (Å²) in [6, 6.07) is 13.8. The van der Waals surface area contributed by atoms with Crippen molar-refractivity contribution in [2.24, 2.45) is 4.99 Å². The Labute approximate surface area is 311 Å². The van der Waals surface area contributed by atoms with Gasteiger partial charge in [0.1, 0.15) is 12.4 Å². The number of ether oxygens (including phenoxy) is 6. The van der Waals surface area contributed by atoms with E-state index in [0.29, 0.717) is 62.4 Å². The van der Waals surface area contributed by atoms with Crippen LogP contribution in [-0.2, 0) is 25.7 Å². The zero-order chi connectivity index (χ0) is 36.7. The Balaban J connectivity index is 1.59. The number of allylic oxidation sites excluding steroid dienone is 1. The maximum atomic E-state index is 14.3. The molecule has 0 fully saturated rings. The molecule has 0 spiro atoms. The van der Waals surface area contributed by atoms with E-state index in [2.05, 4.69) is 32.3 Å². The van der Waals surface area contributed by atoms with Crippen LogP contribution in [0.3, 0.4) is 0 Å². The van der Waals surface area contributed by atoms with Gasteiger partial charge < -0.3 is 28.4 Å². The number of fused-ring (bicyclic) bond motifs is 1. The molecule has 1 aliphatic rings. The van der Waals surface area contributed by atoms with Crippen molar-refractivity contribution in [3.63, 3.8) is 0 Å². The Kier molecular flexibility index (Phi) is 12.5. The molecule has 1 aliphatic heterocycles. The molecule has 0 radical (unpaired) electrons. The highest BCUT2D eigenvalue weighted by Gasteiger charge is 2.34. The second-order valence-electron chi connectivity index (χ2n) is 11.0. The minimum absolute atomic E-state index is 0.127. The van der Waals surface area contributed by atoms with Crippen molar-refractivity contribution >= 4 is 51.9 Å². The monoisotopic (exact) mass is 830 g/mol. The molecule has 3 aromatic carbocycles. The molecule has 268 valence electrons. The average Bonchev–Trinajstić information content (AvgIpc) is 3.41. The number of carbonyl (C=O) groups excluding carboxylic acids is 2. The number of hydrogen-bond donors (Lipinski definition) is 0. The number of benzene rings is 3. The Bertz CT molecular complexity index is 2140. The van der Waals surface area contributed by atoms with Crippen molar-refractivity contribution in [2.75, 3.05) is 33.5 Å². The molecule has 51 heavy (non-hydrogen) atoms. The Morgan fingerprint density at radius 1 is 0.941 bits per heavy atom. The fourth-order valence-corrected chi connectivity index (χ4v) is 7.17. The van der Waals surface area contributed by atoms with Crippen molar-refractivity contribution in [2.45, 2.75) is 40.3 Å². The number of esters is 2. The highest BCUT2D eigenvalue weighted by Crippen LogP contribution is 2.37. The van der Waals surface area contributed by atoms with Crippen LogP contribution in [-0.4, -0.2) is 50.0 Å². The van der Waals surface area contributed by atoms with Gasteiger partial charge in [0, 0.05) is 0 Å². The first-order valence-electron chi connectivity index (χ1n) is 16.1. The third-order valence-electron chi connectivity index (χ3n) is 7.60. The van der Waals surface area contributed by atoms with E-state index in [1.807, 2.05) is 13.0 Å². The lowest BCUT2D eigenvalue weighted by Crippen LogP contribution is -2.40. The van der Waals surface area contributed by atoms with Gasteiger partial charge in [-0.05, 0) is 109 Å². The SMILES string of the molecule is CCOC(=O)C1=C(C)N=c2s/c(=C\c3cc(I)c(OCc4ccc(F)cc4)c(OCC)c3)c(=O)n2[C@H]1c1ccc(OCC(=O)OC)c(OCC)c1. The fraction of sp³-hybridized carbons (Fsp3) is 0.297. The highest BCUT2D eigenvalue weighted by atomic mass is 127. The Morgan fingerprint density at radius 2 is 1.67 bits per heavy atom. The van der Waals surface area contributed by atoms with Crippen LogP contribution in [0.1, 0.15) is 50.4 Å². The van der Waals surface area contributed by atoms with Gasteiger partial charge in [-0.15, -0.1) is 0 Å². The van der Waals surface area contributed by atoms with E-state index < -0.39 is 18.0 Å². The second kappa shape index (κ2) is 17.0. The molecular formula is C37H36FIN2O9S. The normalized spacial score (nSPS) is 14.0. The molecule has 2 heterocycles. The third kappa shape index (κ3) is 8.61. The van der Waals surface area contributed by atoms with Crippen LogP contribution in [0.25, 0.3) is 6.08 Å². The van der Waals surface area contributed by atoms with Crippen LogP contribution in [0.15, 0.2) is 75.7 Å². The molecule has 0 N–H and O–H groups in total. The van der Waals surface area contributed by atoms with Gasteiger partial charge in [0.15, 0.2) is 34.4 Å². The van der Waals surface area contributed by atoms with Crippen LogP contribution in [0.5, 0.6) is 23.0 Å². The summed E-state index contributed by atoms with van der Waals surface area (Å²) in [5.41, 5.74) is 2.27. The van der Waals surface area contributed by atoms with Gasteiger partial charge in [0.05, 0.1) is 52.3 Å². The van der Waals surface area contributed by atoms with Crippen LogP contribution >= 0.6 is 33.9 Å². The van der Waals surface area contributed by atoms with Gasteiger partial charge in [-0.25, -0.2) is 19.0 Å². The predicted molar refractivity (Wildman–Crippen MR) is 197 cm³/mol. The van der Waals surface area contributed by atoms with Crippen LogP contribution in [0.2, 0.25) is 0 Å². The zero-order valence-electron chi connectivity index (χ0n) is 28.6. The summed E-state index contributed by atoms with van der Waals surface area (Å²) in [7, 11) is 1.26. The molecule has 1 atom stereocenters. The van der Waals surface area contributed by atoms with Gasteiger partial charge in [-0.1, -0.05) is 29.5 Å². The minimum Gasteiger partial charge on any atom is -0.490 e. The van der Waals surface area contributed by atoms with Gasteiger partial charge in [0.25, 0.3) is 5.56 Å². The smallest absolute Gasteiger partial charge is 0.343 e. The summed E-state index contributed by atoms with van der Waals surface area (Å²) in [6.07, 6.45) is 1.74. The van der Waals surface area contributed by atoms with Gasteiger partial charge in [-0.2, -0.15) is 0 Å². The molecule has 0 unspecified atom stereocenters. The molecule has 0 saturated carbocycles. The quantitative estimate of drug-likeness (QED) is 0.120. The van der Waals surface area contributed by atoms with Crippen LogP contribution < -0.4 is 33.8 Å². The molecule has 0 bridgehead atoms. The second-order valence-corrected chi connectivity index (χ2v) is 13.2. The maximum absolute atomic E-state index is 14.3. The third-order valence-corrected chi connectivity index (χ3v) is 9.38. The highest BCUT2D eigenvalue weighted by molar-refractivity contribution is 14.1. The van der Waals surface area contributed by atoms with E-state index >= 15 is 0 Å². The minimum atomic E-state index is -0.905. The topological polar surface area (TPSA) is 124 Å². The lowest BCUT2D eigenvalue weighted by atomic mass is 9.95. The predicted octanol–water partition coefficient (Wildman–Crippen LogP) is 5.47. The summed E-state index contributed by atoms with van der Waals surface area (Å²) in [5, 5.41) is 0. The summed E-state index contributed by atoms with van der Waals surface area (Å²) in [6.45, 7) is 7.74. The van der Waals surface area contributed by atoms with Crippen molar-refractivity contribution in [1.29, 1.82) is 0 Å². The van der Waals surface area contributed by atoms with Gasteiger partial charge in [-0.3, -0.25) is 9.36 Å². The molecule has 0 amide bonds. The number of nitrogens with zero attached hydrogens (tertiary/aromatic N) is 2. The summed E-state index contributed by atoms with van der Waals surface area (Å²) < 4.78 is 49.6. The first kappa shape index (κ1) is 37.6.